The molecule has 1 aromatic carbocycles. The van der Waals surface area contributed by atoms with Crippen LogP contribution in [-0.4, -0.2) is 76.7 Å². The Labute approximate surface area is 296 Å². The van der Waals surface area contributed by atoms with Crippen molar-refractivity contribution in [2.75, 3.05) is 6.54 Å². The Bertz CT molecular complexity index is 1430. The van der Waals surface area contributed by atoms with Crippen molar-refractivity contribution in [3.8, 4) is 0 Å². The molecule has 12 heteroatoms. The van der Waals surface area contributed by atoms with E-state index in [4.69, 9.17) is 10.5 Å². The lowest BCUT2D eigenvalue weighted by Crippen LogP contribution is -2.61. The summed E-state index contributed by atoms with van der Waals surface area (Å²) in [6, 6.07) is 3.20. The van der Waals surface area contributed by atoms with Crippen LogP contribution in [0.4, 0.5) is 4.79 Å². The second kappa shape index (κ2) is 15.5. The van der Waals surface area contributed by atoms with E-state index >= 15 is 0 Å². The van der Waals surface area contributed by atoms with Crippen LogP contribution in [-0.2, 0) is 41.6 Å². The van der Waals surface area contributed by atoms with E-state index in [1.165, 1.54) is 4.90 Å². The van der Waals surface area contributed by atoms with Gasteiger partial charge in [0.25, 0.3) is 5.91 Å². The van der Waals surface area contributed by atoms with Crippen LogP contribution in [0.25, 0.3) is 0 Å². The van der Waals surface area contributed by atoms with Gasteiger partial charge >= 0.3 is 12.0 Å². The molecule has 1 saturated carbocycles. The van der Waals surface area contributed by atoms with E-state index in [2.05, 4.69) is 16.0 Å². The topological polar surface area (TPSA) is 177 Å². The molecular formula is C38H57N5O7. The smallest absolute Gasteiger partial charge is 0.329 e. The van der Waals surface area contributed by atoms with E-state index in [1.807, 2.05) is 58.9 Å². The highest BCUT2D eigenvalue weighted by Gasteiger charge is 2.47. The zero-order valence-corrected chi connectivity index (χ0v) is 31.0. The van der Waals surface area contributed by atoms with Gasteiger partial charge in [0.2, 0.25) is 17.6 Å². The molecule has 1 aliphatic heterocycles. The van der Waals surface area contributed by atoms with Gasteiger partial charge in [-0.2, -0.15) is 0 Å². The fraction of sp³-hybridized carbons (Fsp3) is 0.684. The Kier molecular flexibility index (Phi) is 12.0. The third-order valence-corrected chi connectivity index (χ3v) is 9.88. The van der Waals surface area contributed by atoms with E-state index in [0.717, 1.165) is 24.0 Å². The number of primary amides is 1. The number of nitrogens with one attached hydrogen (secondary N) is 3. The number of benzene rings is 1. The molecule has 1 aromatic rings. The van der Waals surface area contributed by atoms with Gasteiger partial charge in [-0.3, -0.25) is 19.2 Å². The van der Waals surface area contributed by atoms with Crippen molar-refractivity contribution in [1.82, 2.24) is 20.9 Å². The minimum absolute atomic E-state index is 0.197. The van der Waals surface area contributed by atoms with E-state index < -0.39 is 70.7 Å². The second-order valence-electron chi connectivity index (χ2n) is 17.0. The molecule has 0 spiro atoms. The quantitative estimate of drug-likeness (QED) is 0.181. The predicted molar refractivity (Wildman–Crippen MR) is 188 cm³/mol. The molecule has 0 bridgehead atoms. The van der Waals surface area contributed by atoms with Gasteiger partial charge in [-0.15, -0.1) is 0 Å². The Morgan fingerprint density at radius 2 is 1.48 bits per heavy atom. The van der Waals surface area contributed by atoms with Crippen LogP contribution >= 0.6 is 0 Å². The van der Waals surface area contributed by atoms with Crippen molar-refractivity contribution in [3.05, 3.63) is 35.4 Å². The van der Waals surface area contributed by atoms with Crippen molar-refractivity contribution >= 4 is 35.5 Å². The molecule has 2 aliphatic carbocycles. The molecule has 5 atom stereocenters. The number of Topliss-reactive ketones (excluding diaryl/α,β-unsaturated/α-hetero) is 1. The zero-order valence-electron chi connectivity index (χ0n) is 31.0. The van der Waals surface area contributed by atoms with Gasteiger partial charge in [0.05, 0.1) is 6.04 Å². The Hall–Kier alpha value is -3.96. The summed E-state index contributed by atoms with van der Waals surface area (Å²) in [5, 5.41) is 8.51. The van der Waals surface area contributed by atoms with Crippen molar-refractivity contribution in [3.63, 3.8) is 0 Å². The number of nitrogens with two attached hydrogens (primary N) is 1. The van der Waals surface area contributed by atoms with Crippen LogP contribution in [0.3, 0.4) is 0 Å². The van der Waals surface area contributed by atoms with Gasteiger partial charge in [-0.05, 0) is 93.1 Å². The fourth-order valence-corrected chi connectivity index (χ4v) is 7.35. The maximum Gasteiger partial charge on any atom is 0.329 e. The standard InChI is InChI=1S/C38H57N5O7/c1-21(2)17-25-15-16-43(29(25)33(46)40-27(18-22-13-14-22)30(44)32(39)45)34(47)28(26-19-23-11-9-10-12-24(23)20-26)41-36(49)42-31(37(3,4)5)35(48)50-38(6,7)8/h9-12,21-22,25-29,31H,13-20H2,1-8H3,(H2,39,45)(H,40,46)(H2,41,42,49)/t25-,27?,28+,29+,31-/m1/s1. The molecule has 50 heavy (non-hydrogen) atoms. The first-order valence-corrected chi connectivity index (χ1v) is 18.1. The van der Waals surface area contributed by atoms with E-state index in [0.29, 0.717) is 32.1 Å². The van der Waals surface area contributed by atoms with Crippen molar-refractivity contribution in [2.24, 2.45) is 34.8 Å². The molecule has 4 rings (SSSR count). The SMILES string of the molecule is CC(C)C[C@H]1CCN(C(=O)[C@@H](NC(=O)N[C@H](C(=O)OC(C)(C)C)C(C)(C)C)C2Cc3ccccc3C2)[C@@H]1C(=O)NC(CC1CC1)C(=O)C(N)=O. The molecule has 5 amide bonds. The van der Waals surface area contributed by atoms with Crippen LogP contribution in [0.15, 0.2) is 24.3 Å². The summed E-state index contributed by atoms with van der Waals surface area (Å²) < 4.78 is 5.62. The highest BCUT2D eigenvalue weighted by Crippen LogP contribution is 2.36. The molecule has 2 fully saturated rings. The number of fused-ring (bicyclic) bond motifs is 1. The van der Waals surface area contributed by atoms with Gasteiger partial charge in [-0.25, -0.2) is 9.59 Å². The Morgan fingerprint density at radius 1 is 0.880 bits per heavy atom. The number of likely N-dealkylation sites (tertiary alicyclic amines) is 1. The summed E-state index contributed by atoms with van der Waals surface area (Å²) in [5.74, 6) is -3.51. The summed E-state index contributed by atoms with van der Waals surface area (Å²) >= 11 is 0. The first-order valence-electron chi connectivity index (χ1n) is 18.1. The average molecular weight is 696 g/mol. The van der Waals surface area contributed by atoms with Crippen molar-refractivity contribution in [2.45, 2.75) is 130 Å². The number of ether oxygens (including phenoxy) is 1. The van der Waals surface area contributed by atoms with Gasteiger partial charge in [0, 0.05) is 6.54 Å². The number of carbonyl (C=O) groups excluding carboxylic acids is 6. The van der Waals surface area contributed by atoms with Crippen LogP contribution < -0.4 is 21.7 Å². The number of nitrogens with zero attached hydrogens (tertiary/aromatic N) is 1. The molecule has 276 valence electrons. The fourth-order valence-electron chi connectivity index (χ4n) is 7.35. The highest BCUT2D eigenvalue weighted by molar-refractivity contribution is 6.37. The third-order valence-electron chi connectivity index (χ3n) is 9.88. The second-order valence-corrected chi connectivity index (χ2v) is 17.0. The number of carbonyl (C=O) groups is 6. The van der Waals surface area contributed by atoms with Crippen molar-refractivity contribution < 1.29 is 33.5 Å². The molecular weight excluding hydrogens is 638 g/mol. The van der Waals surface area contributed by atoms with Crippen LogP contribution in [0, 0.1) is 29.1 Å². The third kappa shape index (κ3) is 10.1. The minimum atomic E-state index is -1.11. The Balaban J connectivity index is 1.63. The maximum absolute atomic E-state index is 14.8. The molecule has 3 aliphatic rings. The monoisotopic (exact) mass is 695 g/mol. The van der Waals surface area contributed by atoms with Crippen LogP contribution in [0.2, 0.25) is 0 Å². The summed E-state index contributed by atoms with van der Waals surface area (Å²) in [5.41, 5.74) is 6.04. The molecule has 5 N–H and O–H groups in total. The number of hydrogen-bond donors (Lipinski definition) is 4. The van der Waals surface area contributed by atoms with Crippen LogP contribution in [0.5, 0.6) is 0 Å². The van der Waals surface area contributed by atoms with Gasteiger partial charge in [0.15, 0.2) is 0 Å². The largest absolute Gasteiger partial charge is 0.458 e. The molecule has 0 radical (unpaired) electrons. The molecule has 0 aromatic heterocycles. The average Bonchev–Trinajstić information content (AvgIpc) is 3.55. The molecule has 1 unspecified atom stereocenters. The first-order chi connectivity index (χ1) is 23.2. The normalized spacial score (nSPS) is 21.2. The number of esters is 1. The van der Waals surface area contributed by atoms with Crippen LogP contribution in [0.1, 0.15) is 98.6 Å². The van der Waals surface area contributed by atoms with E-state index in [9.17, 15) is 28.8 Å². The van der Waals surface area contributed by atoms with Crippen molar-refractivity contribution in [1.29, 1.82) is 0 Å². The lowest BCUT2D eigenvalue weighted by atomic mass is 9.86. The van der Waals surface area contributed by atoms with E-state index in [-0.39, 0.29) is 30.2 Å². The van der Waals surface area contributed by atoms with Gasteiger partial charge in [-0.1, -0.05) is 71.7 Å². The minimum Gasteiger partial charge on any atom is -0.458 e. The number of amides is 5. The summed E-state index contributed by atoms with van der Waals surface area (Å²) in [7, 11) is 0. The number of rotatable bonds is 13. The predicted octanol–water partition coefficient (Wildman–Crippen LogP) is 3.43. The lowest BCUT2D eigenvalue weighted by molar-refractivity contribution is -0.160. The Morgan fingerprint density at radius 3 is 1.98 bits per heavy atom. The van der Waals surface area contributed by atoms with Gasteiger partial charge in [0.1, 0.15) is 23.7 Å². The highest BCUT2D eigenvalue weighted by atomic mass is 16.6. The maximum atomic E-state index is 14.8. The summed E-state index contributed by atoms with van der Waals surface area (Å²) in [6.45, 7) is 15.1. The molecule has 12 nitrogen and oxygen atoms in total. The summed E-state index contributed by atoms with van der Waals surface area (Å²) in [6.07, 6.45) is 4.44. The summed E-state index contributed by atoms with van der Waals surface area (Å²) in [4.78, 5) is 82.1. The number of hydrogen-bond acceptors (Lipinski definition) is 7. The lowest BCUT2D eigenvalue weighted by Gasteiger charge is -2.35. The number of urea groups is 1. The number of ketones is 1. The zero-order chi connectivity index (χ0) is 37.1. The molecule has 1 saturated heterocycles. The van der Waals surface area contributed by atoms with Gasteiger partial charge < -0.3 is 31.3 Å². The first kappa shape index (κ1) is 38.8. The van der Waals surface area contributed by atoms with E-state index in [1.54, 1.807) is 20.8 Å². The molecule has 1 heterocycles.